The Morgan fingerprint density at radius 3 is 2.73 bits per heavy atom. The van der Waals surface area contributed by atoms with Gasteiger partial charge in [0.25, 0.3) is 0 Å². The summed E-state index contributed by atoms with van der Waals surface area (Å²) >= 11 is 0. The molecule has 0 fully saturated rings. The standard InChI is InChI=1S/C11H18N3O/c1-2-3-4-5-6-7-8-9-10-11-12-13-14-15/h4-5,7-11,13-14H,2-3,6H2,1H3/q-1/b5-4+,8-7+,10-9+,12-11+. The van der Waals surface area contributed by atoms with E-state index in [1.54, 1.807) is 6.08 Å². The summed E-state index contributed by atoms with van der Waals surface area (Å²) in [5, 5.41) is 13.2. The van der Waals surface area contributed by atoms with E-state index in [0.717, 1.165) is 12.8 Å². The van der Waals surface area contributed by atoms with Gasteiger partial charge in [0.1, 0.15) is 0 Å². The smallest absolute Gasteiger partial charge is 0.0483 e. The quantitative estimate of drug-likeness (QED) is 0.279. The summed E-state index contributed by atoms with van der Waals surface area (Å²) in [4.78, 5) is 0. The van der Waals surface area contributed by atoms with E-state index in [-0.39, 0.29) is 0 Å². The lowest BCUT2D eigenvalue weighted by atomic mass is 10.2. The molecule has 0 aliphatic rings. The number of hydrogen-bond donors (Lipinski definition) is 2. The summed E-state index contributed by atoms with van der Waals surface area (Å²) in [6, 6.07) is 0. The van der Waals surface area contributed by atoms with E-state index in [2.05, 4.69) is 35.8 Å². The average Bonchev–Trinajstić information content (AvgIpc) is 2.26. The van der Waals surface area contributed by atoms with Crippen LogP contribution in [0.1, 0.15) is 26.2 Å². The third kappa shape index (κ3) is 12.6. The number of hydrazone groups is 1. The predicted octanol–water partition coefficient (Wildman–Crippen LogP) is 2.42. The first-order chi connectivity index (χ1) is 7.41. The van der Waals surface area contributed by atoms with Gasteiger partial charge >= 0.3 is 0 Å². The Morgan fingerprint density at radius 2 is 2.00 bits per heavy atom. The average molecular weight is 208 g/mol. The fourth-order valence-corrected chi connectivity index (χ4v) is 0.837. The van der Waals surface area contributed by atoms with Gasteiger partial charge in [0.2, 0.25) is 0 Å². The van der Waals surface area contributed by atoms with E-state index in [4.69, 9.17) is 0 Å². The number of nitrogens with zero attached hydrogens (tertiary/aromatic N) is 1. The number of nitrogens with one attached hydrogen (secondary N) is 2. The Morgan fingerprint density at radius 1 is 1.13 bits per heavy atom. The molecule has 0 amide bonds. The van der Waals surface area contributed by atoms with Gasteiger partial charge in [0.05, 0.1) is 0 Å². The van der Waals surface area contributed by atoms with Gasteiger partial charge in [0.15, 0.2) is 0 Å². The molecule has 0 aromatic rings. The SMILES string of the molecule is CCC/C=C/C/C=C/C=C/C=N/NN[O-]. The van der Waals surface area contributed by atoms with Crippen molar-refractivity contribution in [1.29, 1.82) is 0 Å². The number of hydrazine groups is 1. The molecule has 0 saturated heterocycles. The molecule has 0 aliphatic carbocycles. The second-order valence-electron chi connectivity index (χ2n) is 2.80. The van der Waals surface area contributed by atoms with Gasteiger partial charge < -0.3 is 5.21 Å². The summed E-state index contributed by atoms with van der Waals surface area (Å²) in [6.07, 6.45) is 16.7. The Labute approximate surface area is 91.0 Å². The van der Waals surface area contributed by atoms with E-state index in [1.807, 2.05) is 12.2 Å². The molecule has 0 atom stereocenters. The molecule has 0 bridgehead atoms. The topological polar surface area (TPSA) is 59.5 Å². The predicted molar refractivity (Wildman–Crippen MR) is 65.1 cm³/mol. The number of unbranched alkanes of at least 4 members (excludes halogenated alkanes) is 1. The molecule has 15 heavy (non-hydrogen) atoms. The van der Waals surface area contributed by atoms with Crippen LogP contribution in [0.4, 0.5) is 0 Å². The van der Waals surface area contributed by atoms with Gasteiger partial charge in [-0.05, 0) is 18.9 Å². The zero-order chi connectivity index (χ0) is 11.2. The first kappa shape index (κ1) is 13.6. The number of hydrogen-bond acceptors (Lipinski definition) is 4. The molecule has 2 N–H and O–H groups in total. The first-order valence-electron chi connectivity index (χ1n) is 5.03. The highest BCUT2D eigenvalue weighted by molar-refractivity contribution is 5.71. The Bertz CT molecular complexity index is 232. The van der Waals surface area contributed by atoms with Crippen LogP contribution in [0.2, 0.25) is 0 Å². The minimum Gasteiger partial charge on any atom is -0.769 e. The van der Waals surface area contributed by atoms with E-state index in [0.29, 0.717) is 0 Å². The van der Waals surface area contributed by atoms with Crippen LogP contribution >= 0.6 is 0 Å². The van der Waals surface area contributed by atoms with Crippen molar-refractivity contribution in [3.05, 3.63) is 41.7 Å². The van der Waals surface area contributed by atoms with E-state index >= 15 is 0 Å². The summed E-state index contributed by atoms with van der Waals surface area (Å²) in [7, 11) is 0. The lowest BCUT2D eigenvalue weighted by Gasteiger charge is -2.01. The molecule has 0 spiro atoms. The molecular formula is C11H18N3O-. The van der Waals surface area contributed by atoms with Crippen molar-refractivity contribution in [2.45, 2.75) is 26.2 Å². The maximum absolute atomic E-state index is 9.67. The Kier molecular flexibility index (Phi) is 11.4. The molecule has 0 rings (SSSR count). The van der Waals surface area contributed by atoms with Crippen LogP contribution in [0.25, 0.3) is 0 Å². The molecule has 4 heteroatoms. The van der Waals surface area contributed by atoms with Gasteiger partial charge in [-0.3, -0.25) is 11.1 Å². The highest BCUT2D eigenvalue weighted by atomic mass is 16.5. The Balaban J connectivity index is 3.44. The van der Waals surface area contributed by atoms with Crippen LogP contribution in [0.3, 0.4) is 0 Å². The van der Waals surface area contributed by atoms with Gasteiger partial charge in [-0.2, -0.15) is 5.10 Å². The van der Waals surface area contributed by atoms with Crippen molar-refractivity contribution in [3.8, 4) is 0 Å². The van der Waals surface area contributed by atoms with E-state index in [9.17, 15) is 5.21 Å². The summed E-state index contributed by atoms with van der Waals surface area (Å²) in [5.74, 6) is 0. The molecule has 0 aliphatic heterocycles. The minimum absolute atomic E-state index is 0.946. The van der Waals surface area contributed by atoms with Crippen molar-refractivity contribution in [2.75, 3.05) is 0 Å². The fraction of sp³-hybridized carbons (Fsp3) is 0.364. The zero-order valence-electron chi connectivity index (χ0n) is 9.02. The lowest BCUT2D eigenvalue weighted by molar-refractivity contribution is 0.674. The van der Waals surface area contributed by atoms with Gasteiger partial charge in [-0.25, -0.2) is 0 Å². The molecule has 0 saturated carbocycles. The highest BCUT2D eigenvalue weighted by Gasteiger charge is 1.72. The second-order valence-corrected chi connectivity index (χ2v) is 2.80. The molecule has 84 valence electrons. The van der Waals surface area contributed by atoms with Gasteiger partial charge in [0, 0.05) is 6.21 Å². The second kappa shape index (κ2) is 12.6. The molecule has 0 aromatic heterocycles. The summed E-state index contributed by atoms with van der Waals surface area (Å²) < 4.78 is 0. The maximum Gasteiger partial charge on any atom is 0.0483 e. The van der Waals surface area contributed by atoms with Crippen molar-refractivity contribution in [1.82, 2.24) is 11.1 Å². The lowest BCUT2D eigenvalue weighted by Crippen LogP contribution is -2.18. The first-order valence-corrected chi connectivity index (χ1v) is 5.03. The van der Waals surface area contributed by atoms with Crippen LogP contribution in [0.15, 0.2) is 41.6 Å². The fourth-order valence-electron chi connectivity index (χ4n) is 0.837. The highest BCUT2D eigenvalue weighted by Crippen LogP contribution is 1.92. The molecule has 0 unspecified atom stereocenters. The number of rotatable bonds is 8. The molecule has 4 nitrogen and oxygen atoms in total. The Hall–Kier alpha value is -1.39. The van der Waals surface area contributed by atoms with E-state index < -0.39 is 0 Å². The maximum atomic E-state index is 9.67. The van der Waals surface area contributed by atoms with Crippen LogP contribution in [-0.2, 0) is 0 Å². The van der Waals surface area contributed by atoms with Crippen molar-refractivity contribution >= 4 is 6.21 Å². The third-order valence-electron chi connectivity index (χ3n) is 1.52. The zero-order valence-corrected chi connectivity index (χ0v) is 9.02. The van der Waals surface area contributed by atoms with Gasteiger partial charge in [-0.15, -0.1) is 0 Å². The van der Waals surface area contributed by atoms with Crippen LogP contribution in [0, 0.1) is 5.21 Å². The third-order valence-corrected chi connectivity index (χ3v) is 1.52. The van der Waals surface area contributed by atoms with Crippen molar-refractivity contribution in [2.24, 2.45) is 5.10 Å². The summed E-state index contributed by atoms with van der Waals surface area (Å²) in [5.41, 5.74) is 3.49. The van der Waals surface area contributed by atoms with Crippen molar-refractivity contribution < 1.29 is 0 Å². The normalized spacial score (nSPS) is 12.7. The number of allylic oxidation sites excluding steroid dienone is 6. The van der Waals surface area contributed by atoms with Crippen LogP contribution in [-0.4, -0.2) is 6.21 Å². The monoisotopic (exact) mass is 208 g/mol. The largest absolute Gasteiger partial charge is 0.769 e. The molecule has 0 heterocycles. The molecular weight excluding hydrogens is 190 g/mol. The van der Waals surface area contributed by atoms with Crippen LogP contribution < -0.4 is 11.1 Å². The van der Waals surface area contributed by atoms with Gasteiger partial charge in [-0.1, -0.05) is 43.7 Å². The summed E-state index contributed by atoms with van der Waals surface area (Å²) in [6.45, 7) is 2.16. The minimum atomic E-state index is 0.946. The van der Waals surface area contributed by atoms with E-state index in [1.165, 1.54) is 18.2 Å². The molecule has 0 radical (unpaired) electrons. The van der Waals surface area contributed by atoms with Crippen molar-refractivity contribution in [3.63, 3.8) is 0 Å². The molecule has 0 aromatic carbocycles. The van der Waals surface area contributed by atoms with Crippen LogP contribution in [0.5, 0.6) is 0 Å².